The molecule has 0 aliphatic carbocycles. The Morgan fingerprint density at radius 3 is 2.63 bits per heavy atom. The van der Waals surface area contributed by atoms with Gasteiger partial charge in [0, 0.05) is 42.5 Å². The van der Waals surface area contributed by atoms with E-state index in [1.165, 1.54) is 4.90 Å². The number of nitriles is 1. The second kappa shape index (κ2) is 9.47. The zero-order chi connectivity index (χ0) is 24.4. The molecule has 0 saturated carbocycles. The Hall–Kier alpha value is -4.38. The van der Waals surface area contributed by atoms with E-state index in [1.807, 2.05) is 29.7 Å². The highest BCUT2D eigenvalue weighted by Crippen LogP contribution is 2.35. The molecule has 1 fully saturated rings. The average molecular weight is 468 g/mol. The van der Waals surface area contributed by atoms with E-state index in [1.54, 1.807) is 18.3 Å². The minimum Gasteiger partial charge on any atom is -0.475 e. The summed E-state index contributed by atoms with van der Waals surface area (Å²) in [5.74, 6) is 0.490. The van der Waals surface area contributed by atoms with Gasteiger partial charge in [0.2, 0.25) is 5.65 Å². The molecular formula is C27H25N5O3. The van der Waals surface area contributed by atoms with Crippen LogP contribution in [0.25, 0.3) is 28.2 Å². The molecule has 1 amide bonds. The van der Waals surface area contributed by atoms with Crippen LogP contribution in [0.15, 0.2) is 60.9 Å². The monoisotopic (exact) mass is 467 g/mol. The van der Waals surface area contributed by atoms with Crippen molar-refractivity contribution in [1.29, 1.82) is 5.26 Å². The smallest absolute Gasteiger partial charge is 0.407 e. The normalized spacial score (nSPS) is 15.7. The fourth-order valence-corrected chi connectivity index (χ4v) is 4.52. The Balaban J connectivity index is 1.57. The van der Waals surface area contributed by atoms with Crippen molar-refractivity contribution in [3.05, 3.63) is 72.1 Å². The number of carbonyl (C=O) groups is 1. The Bertz CT molecular complexity index is 1400. The summed E-state index contributed by atoms with van der Waals surface area (Å²) >= 11 is 0. The molecule has 1 atom stereocenters. The van der Waals surface area contributed by atoms with E-state index in [4.69, 9.17) is 9.72 Å². The molecular weight excluding hydrogens is 442 g/mol. The van der Waals surface area contributed by atoms with Gasteiger partial charge in [0.15, 0.2) is 0 Å². The van der Waals surface area contributed by atoms with Crippen LogP contribution in [0.3, 0.4) is 0 Å². The van der Waals surface area contributed by atoms with Gasteiger partial charge in [0.25, 0.3) is 5.88 Å². The molecule has 35 heavy (non-hydrogen) atoms. The van der Waals surface area contributed by atoms with Crippen LogP contribution < -0.4 is 4.74 Å². The van der Waals surface area contributed by atoms with Crippen LogP contribution in [0.5, 0.6) is 5.88 Å². The number of fused-ring (bicyclic) bond motifs is 1. The van der Waals surface area contributed by atoms with Gasteiger partial charge in [-0.25, -0.2) is 14.8 Å². The van der Waals surface area contributed by atoms with Crippen molar-refractivity contribution in [2.24, 2.45) is 5.92 Å². The van der Waals surface area contributed by atoms with E-state index in [9.17, 15) is 15.2 Å². The first-order valence-corrected chi connectivity index (χ1v) is 11.6. The van der Waals surface area contributed by atoms with Gasteiger partial charge >= 0.3 is 6.09 Å². The quantitative estimate of drug-likeness (QED) is 0.442. The van der Waals surface area contributed by atoms with Crippen LogP contribution >= 0.6 is 0 Å². The fourth-order valence-electron chi connectivity index (χ4n) is 4.52. The van der Waals surface area contributed by atoms with Crippen LogP contribution in [0.4, 0.5) is 4.79 Å². The first-order valence-electron chi connectivity index (χ1n) is 11.6. The number of aromatic nitrogens is 3. The molecule has 3 heterocycles. The maximum absolute atomic E-state index is 11.4. The summed E-state index contributed by atoms with van der Waals surface area (Å²) in [4.78, 5) is 22.3. The minimum atomic E-state index is -0.894. The van der Waals surface area contributed by atoms with Gasteiger partial charge in [-0.15, -0.1) is 0 Å². The number of ether oxygens (including phenoxy) is 1. The number of nitrogens with zero attached hydrogens (tertiary/aromatic N) is 5. The van der Waals surface area contributed by atoms with Crippen molar-refractivity contribution in [1.82, 2.24) is 19.3 Å². The van der Waals surface area contributed by atoms with Crippen molar-refractivity contribution in [3.8, 4) is 34.5 Å². The topological polar surface area (TPSA) is 104 Å². The summed E-state index contributed by atoms with van der Waals surface area (Å²) in [6.45, 7) is 3.41. The van der Waals surface area contributed by atoms with Crippen molar-refractivity contribution in [3.63, 3.8) is 0 Å². The molecule has 0 spiro atoms. The first-order chi connectivity index (χ1) is 17.0. The molecule has 8 heteroatoms. The number of imidazole rings is 1. The van der Waals surface area contributed by atoms with Crippen molar-refractivity contribution in [2.75, 3.05) is 19.7 Å². The third kappa shape index (κ3) is 4.53. The van der Waals surface area contributed by atoms with E-state index in [0.717, 1.165) is 40.9 Å². The lowest BCUT2D eigenvalue weighted by atomic mass is 9.99. The Morgan fingerprint density at radius 2 is 1.91 bits per heavy atom. The van der Waals surface area contributed by atoms with E-state index in [2.05, 4.69) is 35.3 Å². The van der Waals surface area contributed by atoms with Crippen LogP contribution in [0, 0.1) is 24.2 Å². The second-order valence-electron chi connectivity index (χ2n) is 8.84. The first kappa shape index (κ1) is 22.4. The van der Waals surface area contributed by atoms with Gasteiger partial charge in [0.1, 0.15) is 0 Å². The number of amides is 1. The summed E-state index contributed by atoms with van der Waals surface area (Å²) < 4.78 is 8.17. The van der Waals surface area contributed by atoms with E-state index in [-0.39, 0.29) is 5.92 Å². The second-order valence-corrected chi connectivity index (χ2v) is 8.84. The van der Waals surface area contributed by atoms with Crippen molar-refractivity contribution >= 4 is 11.7 Å². The standard InChI is InChI=1S/C27H25N5O3/c1-18-4-8-22(9-5-18)24-23(21-10-6-19(15-28)7-11-21)30-26(25-29-12-14-32(24)25)35-17-20-3-2-13-31(16-20)27(33)34/h4-12,14,20H,2-3,13,16-17H2,1H3,(H,33,34)/t20-/m1/s1. The molecule has 0 radical (unpaired) electrons. The summed E-state index contributed by atoms with van der Waals surface area (Å²) in [5.41, 5.74) is 5.77. The molecule has 4 aromatic rings. The molecule has 1 aliphatic rings. The fraction of sp³-hybridized carbons (Fsp3) is 0.259. The van der Waals surface area contributed by atoms with E-state index < -0.39 is 6.09 Å². The zero-order valence-corrected chi connectivity index (χ0v) is 19.4. The number of piperidine rings is 1. The predicted octanol–water partition coefficient (Wildman–Crippen LogP) is 5.01. The number of carboxylic acid groups (broad SMARTS) is 1. The molecule has 1 N–H and O–H groups in total. The number of hydrogen-bond donors (Lipinski definition) is 1. The Labute approximate surface area is 203 Å². The third-order valence-corrected chi connectivity index (χ3v) is 6.37. The third-order valence-electron chi connectivity index (χ3n) is 6.37. The number of aryl methyl sites for hydroxylation is 1. The summed E-state index contributed by atoms with van der Waals surface area (Å²) in [6, 6.07) is 17.7. The number of rotatable bonds is 5. The highest BCUT2D eigenvalue weighted by atomic mass is 16.5. The highest BCUT2D eigenvalue weighted by Gasteiger charge is 2.25. The molecule has 2 aromatic carbocycles. The van der Waals surface area contributed by atoms with Crippen LogP contribution in [0.1, 0.15) is 24.0 Å². The average Bonchev–Trinajstić information content (AvgIpc) is 3.38. The van der Waals surface area contributed by atoms with E-state index >= 15 is 0 Å². The number of benzene rings is 2. The molecule has 0 unspecified atom stereocenters. The van der Waals surface area contributed by atoms with Gasteiger partial charge in [0.05, 0.1) is 29.6 Å². The molecule has 0 bridgehead atoms. The van der Waals surface area contributed by atoms with Crippen molar-refractivity contribution < 1.29 is 14.6 Å². The molecule has 5 rings (SSSR count). The van der Waals surface area contributed by atoms with Crippen LogP contribution in [0.2, 0.25) is 0 Å². The largest absolute Gasteiger partial charge is 0.475 e. The van der Waals surface area contributed by atoms with Gasteiger partial charge in [-0.2, -0.15) is 5.26 Å². The van der Waals surface area contributed by atoms with Crippen LogP contribution in [-0.4, -0.2) is 50.2 Å². The number of likely N-dealkylation sites (tertiary alicyclic amines) is 1. The maximum Gasteiger partial charge on any atom is 0.407 e. The SMILES string of the molecule is Cc1ccc(-c2c(-c3ccc(C#N)cc3)nc(OC[C@@H]3CCCN(C(=O)O)C3)c3nccn23)cc1. The van der Waals surface area contributed by atoms with Gasteiger partial charge in [-0.05, 0) is 31.9 Å². The summed E-state index contributed by atoms with van der Waals surface area (Å²) in [6.07, 6.45) is 4.43. The predicted molar refractivity (Wildman–Crippen MR) is 131 cm³/mol. The molecule has 1 aliphatic heterocycles. The van der Waals surface area contributed by atoms with Gasteiger partial charge < -0.3 is 14.7 Å². The molecule has 2 aromatic heterocycles. The molecule has 176 valence electrons. The Kier molecular flexibility index (Phi) is 6.06. The number of hydrogen-bond acceptors (Lipinski definition) is 5. The lowest BCUT2D eigenvalue weighted by molar-refractivity contribution is 0.104. The summed E-state index contributed by atoms with van der Waals surface area (Å²) in [7, 11) is 0. The summed E-state index contributed by atoms with van der Waals surface area (Å²) in [5, 5.41) is 18.6. The lowest BCUT2D eigenvalue weighted by Crippen LogP contribution is -2.40. The van der Waals surface area contributed by atoms with E-state index in [0.29, 0.717) is 36.8 Å². The maximum atomic E-state index is 11.4. The molecule has 8 nitrogen and oxygen atoms in total. The van der Waals surface area contributed by atoms with Gasteiger partial charge in [-0.1, -0.05) is 42.0 Å². The minimum absolute atomic E-state index is 0.0896. The van der Waals surface area contributed by atoms with Crippen molar-refractivity contribution in [2.45, 2.75) is 19.8 Å². The van der Waals surface area contributed by atoms with Crippen LogP contribution in [-0.2, 0) is 0 Å². The van der Waals surface area contributed by atoms with Gasteiger partial charge in [-0.3, -0.25) is 4.40 Å². The Morgan fingerprint density at radius 1 is 1.17 bits per heavy atom. The highest BCUT2D eigenvalue weighted by molar-refractivity contribution is 5.81. The zero-order valence-electron chi connectivity index (χ0n) is 19.4. The molecule has 1 saturated heterocycles. The lowest BCUT2D eigenvalue weighted by Gasteiger charge is -2.30.